The summed E-state index contributed by atoms with van der Waals surface area (Å²) in [6.07, 6.45) is 5.91. The normalized spacial score (nSPS) is 15.7. The van der Waals surface area contributed by atoms with Crippen molar-refractivity contribution in [2.75, 3.05) is 41.0 Å². The Hall–Kier alpha value is -1.02. The number of aliphatic imine (C=N–C) groups is 1. The second-order valence-electron chi connectivity index (χ2n) is 6.51. The number of rotatable bonds is 9. The van der Waals surface area contributed by atoms with Gasteiger partial charge in [-0.3, -0.25) is 4.99 Å². The summed E-state index contributed by atoms with van der Waals surface area (Å²) in [6.45, 7) is 2.62. The molecule has 2 N–H and O–H groups in total. The largest absolute Gasteiger partial charge is 0.496 e. The summed E-state index contributed by atoms with van der Waals surface area (Å²) < 4.78 is 10.7. The van der Waals surface area contributed by atoms with Crippen LogP contribution in [0, 0.1) is 5.41 Å². The Kier molecular flexibility index (Phi) is 10.2. The minimum absolute atomic E-state index is 0. The topological polar surface area (TPSA) is 54.9 Å². The Balaban J connectivity index is 0.00000312. The van der Waals surface area contributed by atoms with Crippen molar-refractivity contribution >= 4 is 29.9 Å². The second kappa shape index (κ2) is 11.6. The molecule has 1 aliphatic rings. The van der Waals surface area contributed by atoms with Crippen molar-refractivity contribution in [2.24, 2.45) is 10.4 Å². The summed E-state index contributed by atoms with van der Waals surface area (Å²) in [7, 11) is 5.31. The quantitative estimate of drug-likeness (QED) is 0.337. The van der Waals surface area contributed by atoms with Gasteiger partial charge in [0.1, 0.15) is 5.75 Å². The van der Waals surface area contributed by atoms with Crippen molar-refractivity contribution in [3.05, 3.63) is 29.8 Å². The predicted octanol–water partition coefficient (Wildman–Crippen LogP) is 3.23. The summed E-state index contributed by atoms with van der Waals surface area (Å²) in [6, 6.07) is 8.14. The van der Waals surface area contributed by atoms with Crippen molar-refractivity contribution in [2.45, 2.75) is 32.1 Å². The maximum Gasteiger partial charge on any atom is 0.191 e. The Morgan fingerprint density at radius 3 is 2.56 bits per heavy atom. The van der Waals surface area contributed by atoms with Crippen LogP contribution in [0.4, 0.5) is 0 Å². The molecule has 0 amide bonds. The highest BCUT2D eigenvalue weighted by Crippen LogP contribution is 2.43. The van der Waals surface area contributed by atoms with Crippen molar-refractivity contribution in [3.8, 4) is 5.75 Å². The summed E-state index contributed by atoms with van der Waals surface area (Å²) >= 11 is 0. The molecule has 0 saturated heterocycles. The number of nitrogens with one attached hydrogen (secondary N) is 2. The van der Waals surface area contributed by atoms with Crippen LogP contribution in [0.1, 0.15) is 31.2 Å². The number of guanidine groups is 1. The first-order valence-electron chi connectivity index (χ1n) is 8.78. The predicted molar refractivity (Wildman–Crippen MR) is 114 cm³/mol. The lowest BCUT2D eigenvalue weighted by Crippen LogP contribution is -2.47. The highest BCUT2D eigenvalue weighted by atomic mass is 127. The van der Waals surface area contributed by atoms with Gasteiger partial charge in [-0.2, -0.15) is 0 Å². The molecule has 0 unspecified atom stereocenters. The number of ether oxygens (including phenoxy) is 2. The summed E-state index contributed by atoms with van der Waals surface area (Å²) in [4.78, 5) is 4.34. The molecular formula is C19H32IN3O2. The first kappa shape index (κ1) is 22.0. The maximum atomic E-state index is 5.40. The van der Waals surface area contributed by atoms with Crippen LogP contribution in [0.15, 0.2) is 29.3 Å². The SMILES string of the molecule is CN=C(NCCc1ccccc1OC)NCC1(CCOC)CCC1.I. The molecule has 5 nitrogen and oxygen atoms in total. The first-order chi connectivity index (χ1) is 11.7. The maximum absolute atomic E-state index is 5.40. The number of hydrogen-bond acceptors (Lipinski definition) is 3. The molecule has 1 saturated carbocycles. The van der Waals surface area contributed by atoms with Crippen LogP contribution >= 0.6 is 24.0 Å². The van der Waals surface area contributed by atoms with Crippen LogP contribution < -0.4 is 15.4 Å². The Labute approximate surface area is 169 Å². The number of halogens is 1. The highest BCUT2D eigenvalue weighted by Gasteiger charge is 2.36. The summed E-state index contributed by atoms with van der Waals surface area (Å²) in [5.41, 5.74) is 1.59. The van der Waals surface area contributed by atoms with Crippen molar-refractivity contribution < 1.29 is 9.47 Å². The van der Waals surface area contributed by atoms with Crippen molar-refractivity contribution in [3.63, 3.8) is 0 Å². The second-order valence-corrected chi connectivity index (χ2v) is 6.51. The third-order valence-electron chi connectivity index (χ3n) is 4.98. The van der Waals surface area contributed by atoms with E-state index in [0.717, 1.165) is 44.2 Å². The molecule has 2 rings (SSSR count). The minimum atomic E-state index is 0. The molecule has 0 radical (unpaired) electrons. The fourth-order valence-electron chi connectivity index (χ4n) is 3.23. The van der Waals surface area contributed by atoms with Crippen LogP contribution in [0.25, 0.3) is 0 Å². The molecule has 0 heterocycles. The molecule has 0 atom stereocenters. The molecule has 1 aromatic carbocycles. The average Bonchev–Trinajstić information content (AvgIpc) is 2.59. The molecule has 0 aliphatic heterocycles. The molecule has 0 bridgehead atoms. The summed E-state index contributed by atoms with van der Waals surface area (Å²) in [5.74, 6) is 1.81. The van der Waals surface area contributed by atoms with E-state index in [9.17, 15) is 0 Å². The van der Waals surface area contributed by atoms with Crippen molar-refractivity contribution in [1.29, 1.82) is 0 Å². The molecular weight excluding hydrogens is 429 g/mol. The molecule has 25 heavy (non-hydrogen) atoms. The van der Waals surface area contributed by atoms with Gasteiger partial charge in [-0.25, -0.2) is 0 Å². The number of nitrogens with zero attached hydrogens (tertiary/aromatic N) is 1. The lowest BCUT2D eigenvalue weighted by molar-refractivity contribution is 0.0732. The van der Waals surface area contributed by atoms with Gasteiger partial charge in [-0.1, -0.05) is 24.6 Å². The van der Waals surface area contributed by atoms with Gasteiger partial charge in [0.2, 0.25) is 0 Å². The lowest BCUT2D eigenvalue weighted by Gasteiger charge is -2.42. The molecule has 0 spiro atoms. The van der Waals surface area contributed by atoms with Gasteiger partial charge in [0.25, 0.3) is 0 Å². The van der Waals surface area contributed by atoms with Gasteiger partial charge in [0, 0.05) is 33.9 Å². The van der Waals surface area contributed by atoms with E-state index in [1.165, 1.54) is 24.8 Å². The molecule has 142 valence electrons. The number of hydrogen-bond donors (Lipinski definition) is 2. The van der Waals surface area contributed by atoms with E-state index in [1.807, 2.05) is 25.2 Å². The molecule has 1 aliphatic carbocycles. The standard InChI is InChI=1S/C19H31N3O2.HI/c1-20-18(22-15-19(10-6-11-19)12-14-23-2)21-13-9-16-7-4-5-8-17(16)24-3;/h4-5,7-8H,6,9-15H2,1-3H3,(H2,20,21,22);1H. The van der Waals surface area contributed by atoms with E-state index in [0.29, 0.717) is 5.41 Å². The Bertz CT molecular complexity index is 533. The van der Waals surface area contributed by atoms with Gasteiger partial charge in [0.05, 0.1) is 7.11 Å². The van der Waals surface area contributed by atoms with Crippen LogP contribution in [0.2, 0.25) is 0 Å². The zero-order chi connectivity index (χ0) is 17.3. The molecule has 1 fully saturated rings. The van der Waals surface area contributed by atoms with E-state index in [1.54, 1.807) is 14.2 Å². The third-order valence-corrected chi connectivity index (χ3v) is 4.98. The smallest absolute Gasteiger partial charge is 0.191 e. The number of para-hydroxylation sites is 1. The highest BCUT2D eigenvalue weighted by molar-refractivity contribution is 14.0. The van der Waals surface area contributed by atoms with Crippen LogP contribution in [0.5, 0.6) is 5.75 Å². The van der Waals surface area contributed by atoms with Crippen LogP contribution in [-0.4, -0.2) is 46.9 Å². The fraction of sp³-hybridized carbons (Fsp3) is 0.632. The fourth-order valence-corrected chi connectivity index (χ4v) is 3.23. The van der Waals surface area contributed by atoms with Gasteiger partial charge < -0.3 is 20.1 Å². The Morgan fingerprint density at radius 2 is 1.96 bits per heavy atom. The Morgan fingerprint density at radius 1 is 1.20 bits per heavy atom. The van der Waals surface area contributed by atoms with E-state index < -0.39 is 0 Å². The third kappa shape index (κ3) is 6.66. The van der Waals surface area contributed by atoms with E-state index in [-0.39, 0.29) is 24.0 Å². The molecule has 6 heteroatoms. The first-order valence-corrected chi connectivity index (χ1v) is 8.78. The zero-order valence-corrected chi connectivity index (χ0v) is 18.0. The van der Waals surface area contributed by atoms with E-state index in [4.69, 9.17) is 9.47 Å². The van der Waals surface area contributed by atoms with Gasteiger partial charge in [-0.05, 0) is 42.7 Å². The average molecular weight is 461 g/mol. The number of methoxy groups -OCH3 is 2. The van der Waals surface area contributed by atoms with Gasteiger partial charge in [-0.15, -0.1) is 24.0 Å². The minimum Gasteiger partial charge on any atom is -0.496 e. The van der Waals surface area contributed by atoms with E-state index in [2.05, 4.69) is 21.7 Å². The van der Waals surface area contributed by atoms with Gasteiger partial charge >= 0.3 is 0 Å². The molecule has 0 aromatic heterocycles. The van der Waals surface area contributed by atoms with Crippen molar-refractivity contribution in [1.82, 2.24) is 10.6 Å². The molecule has 1 aromatic rings. The van der Waals surface area contributed by atoms with Crippen LogP contribution in [0.3, 0.4) is 0 Å². The monoisotopic (exact) mass is 461 g/mol. The van der Waals surface area contributed by atoms with Gasteiger partial charge in [0.15, 0.2) is 5.96 Å². The summed E-state index contributed by atoms with van der Waals surface area (Å²) in [5, 5.41) is 6.89. The number of benzene rings is 1. The van der Waals surface area contributed by atoms with Crippen LogP contribution in [-0.2, 0) is 11.2 Å². The lowest BCUT2D eigenvalue weighted by atomic mass is 9.67. The van der Waals surface area contributed by atoms with E-state index >= 15 is 0 Å². The zero-order valence-electron chi connectivity index (χ0n) is 15.6.